The third-order valence-corrected chi connectivity index (χ3v) is 6.78. The molecular weight excluding hydrogens is 416 g/mol. The summed E-state index contributed by atoms with van der Waals surface area (Å²) in [6.07, 6.45) is 3.54. The minimum absolute atomic E-state index is 0.0206. The van der Waals surface area contributed by atoms with E-state index < -0.39 is 17.7 Å². The zero-order valence-corrected chi connectivity index (χ0v) is 19.6. The molecule has 2 bridgehead atoms. The summed E-state index contributed by atoms with van der Waals surface area (Å²) >= 11 is 6.40. The molecule has 2 aliphatic rings. The minimum atomic E-state index is -0.610. The van der Waals surface area contributed by atoms with E-state index >= 15 is 0 Å². The molecule has 4 rings (SSSR count). The molecule has 1 aromatic carbocycles. The number of aromatic nitrogens is 2. The van der Waals surface area contributed by atoms with Gasteiger partial charge in [0.2, 0.25) is 0 Å². The monoisotopic (exact) mass is 446 g/mol. The van der Waals surface area contributed by atoms with Crippen molar-refractivity contribution < 1.29 is 9.53 Å². The number of hydrogen-bond donors (Lipinski definition) is 1. The van der Waals surface area contributed by atoms with E-state index in [9.17, 15) is 9.59 Å². The van der Waals surface area contributed by atoms with Crippen LogP contribution >= 0.6 is 11.6 Å². The molecule has 2 fully saturated rings. The first kappa shape index (κ1) is 22.1. The maximum absolute atomic E-state index is 13.7. The van der Waals surface area contributed by atoms with Crippen LogP contribution in [0.25, 0.3) is 10.9 Å². The van der Waals surface area contributed by atoms with Crippen LogP contribution in [0.15, 0.2) is 23.0 Å². The number of nitrogens with zero attached hydrogens (tertiary/aromatic N) is 3. The van der Waals surface area contributed by atoms with Gasteiger partial charge >= 0.3 is 6.09 Å². The van der Waals surface area contributed by atoms with Gasteiger partial charge in [-0.05, 0) is 72.6 Å². The van der Waals surface area contributed by atoms with E-state index in [4.69, 9.17) is 21.3 Å². The summed E-state index contributed by atoms with van der Waals surface area (Å²) < 4.78 is 7.20. The fraction of sp³-hybridized carbons (Fsp3) is 0.609. The second-order valence-electron chi connectivity index (χ2n) is 9.82. The second kappa shape index (κ2) is 8.10. The molecule has 4 atom stereocenters. The Kier molecular flexibility index (Phi) is 5.77. The van der Waals surface area contributed by atoms with Gasteiger partial charge in [-0.3, -0.25) is 9.36 Å². The Labute approximate surface area is 187 Å². The average Bonchev–Trinajstić information content (AvgIpc) is 2.87. The van der Waals surface area contributed by atoms with Crippen molar-refractivity contribution in [1.29, 1.82) is 0 Å². The highest BCUT2D eigenvalue weighted by Gasteiger charge is 2.40. The molecule has 7 nitrogen and oxygen atoms in total. The molecule has 1 unspecified atom stereocenters. The lowest BCUT2D eigenvalue weighted by atomic mass is 9.97. The van der Waals surface area contributed by atoms with E-state index in [1.165, 1.54) is 0 Å². The third-order valence-electron chi connectivity index (χ3n) is 6.47. The number of carbonyl (C=O) groups is 1. The maximum Gasteiger partial charge on any atom is 0.408 e. The molecule has 1 N–H and O–H groups in total. The van der Waals surface area contributed by atoms with Crippen LogP contribution in [0.2, 0.25) is 5.02 Å². The summed E-state index contributed by atoms with van der Waals surface area (Å²) in [5, 5.41) is 3.69. The number of alkyl carbamates (subject to hydrolysis) is 1. The topological polar surface area (TPSA) is 76.5 Å². The molecule has 0 radical (unpaired) electrons. The quantitative estimate of drug-likeness (QED) is 0.754. The number of carbonyl (C=O) groups excluding carboxylic acids is 1. The van der Waals surface area contributed by atoms with E-state index in [-0.39, 0.29) is 11.6 Å². The SMILES string of the molecule is C[C@H](NC(=O)OC(C)(C)C)c1nc2cccc(Cl)c2c(=O)n1C1C[C@H]2CC[C@@H](C1)N2C. The summed E-state index contributed by atoms with van der Waals surface area (Å²) in [6.45, 7) is 7.29. The van der Waals surface area contributed by atoms with E-state index in [2.05, 4.69) is 17.3 Å². The summed E-state index contributed by atoms with van der Waals surface area (Å²) in [7, 11) is 2.17. The van der Waals surface area contributed by atoms with Crippen LogP contribution < -0.4 is 10.9 Å². The van der Waals surface area contributed by atoms with Crippen molar-refractivity contribution in [3.63, 3.8) is 0 Å². The summed E-state index contributed by atoms with van der Waals surface area (Å²) in [4.78, 5) is 33.3. The van der Waals surface area contributed by atoms with Crippen LogP contribution in [0.4, 0.5) is 4.79 Å². The van der Waals surface area contributed by atoms with Crippen LogP contribution in [-0.4, -0.2) is 45.3 Å². The van der Waals surface area contributed by atoms with Crippen molar-refractivity contribution in [1.82, 2.24) is 19.8 Å². The Morgan fingerprint density at radius 2 is 1.87 bits per heavy atom. The van der Waals surface area contributed by atoms with E-state index in [0.717, 1.165) is 25.7 Å². The number of hydrogen-bond acceptors (Lipinski definition) is 5. The number of piperidine rings is 1. The molecule has 8 heteroatoms. The van der Waals surface area contributed by atoms with Gasteiger partial charge in [-0.25, -0.2) is 9.78 Å². The van der Waals surface area contributed by atoms with Crippen molar-refractivity contribution in [2.75, 3.05) is 7.05 Å². The predicted molar refractivity (Wildman–Crippen MR) is 122 cm³/mol. The highest BCUT2D eigenvalue weighted by Crippen LogP contribution is 2.40. The summed E-state index contributed by atoms with van der Waals surface area (Å²) in [6, 6.07) is 5.73. The van der Waals surface area contributed by atoms with Gasteiger partial charge in [0, 0.05) is 18.1 Å². The molecular formula is C23H31ClN4O3. The zero-order chi connectivity index (χ0) is 22.5. The van der Waals surface area contributed by atoms with E-state index in [1.807, 2.05) is 27.7 Å². The van der Waals surface area contributed by atoms with Crippen LogP contribution in [0.3, 0.4) is 0 Å². The first-order chi connectivity index (χ1) is 14.5. The van der Waals surface area contributed by atoms with Gasteiger partial charge in [0.15, 0.2) is 0 Å². The van der Waals surface area contributed by atoms with Crippen LogP contribution in [0.1, 0.15) is 71.3 Å². The number of amides is 1. The fourth-order valence-electron chi connectivity index (χ4n) is 5.02. The first-order valence-corrected chi connectivity index (χ1v) is 11.3. The van der Waals surface area contributed by atoms with Crippen LogP contribution in [0, 0.1) is 0 Å². The molecule has 168 valence electrons. The van der Waals surface area contributed by atoms with Gasteiger partial charge in [0.25, 0.3) is 5.56 Å². The van der Waals surface area contributed by atoms with Gasteiger partial charge in [0.1, 0.15) is 11.4 Å². The van der Waals surface area contributed by atoms with Crippen molar-refractivity contribution in [2.45, 2.75) is 83.1 Å². The van der Waals surface area contributed by atoms with Crippen LogP contribution in [0.5, 0.6) is 0 Å². The van der Waals surface area contributed by atoms with Gasteiger partial charge in [-0.15, -0.1) is 0 Å². The molecule has 0 saturated carbocycles. The third kappa shape index (κ3) is 4.30. The number of rotatable bonds is 3. The Morgan fingerprint density at radius 3 is 2.48 bits per heavy atom. The van der Waals surface area contributed by atoms with Crippen molar-refractivity contribution >= 4 is 28.6 Å². The molecule has 1 amide bonds. The number of nitrogens with one attached hydrogen (secondary N) is 1. The molecule has 2 saturated heterocycles. The highest BCUT2D eigenvalue weighted by atomic mass is 35.5. The van der Waals surface area contributed by atoms with Crippen LogP contribution in [-0.2, 0) is 4.74 Å². The Balaban J connectivity index is 1.77. The number of halogens is 1. The second-order valence-corrected chi connectivity index (χ2v) is 10.2. The van der Waals surface area contributed by atoms with Crippen molar-refractivity contribution in [3.05, 3.63) is 39.4 Å². The van der Waals surface area contributed by atoms with Crippen molar-refractivity contribution in [2.24, 2.45) is 0 Å². The van der Waals surface area contributed by atoms with E-state index in [0.29, 0.717) is 33.8 Å². The molecule has 2 aliphatic heterocycles. The molecule has 0 aliphatic carbocycles. The Morgan fingerprint density at radius 1 is 1.23 bits per heavy atom. The molecule has 3 heterocycles. The van der Waals surface area contributed by atoms with Gasteiger partial charge < -0.3 is 15.0 Å². The first-order valence-electron chi connectivity index (χ1n) is 11.0. The lowest BCUT2D eigenvalue weighted by Crippen LogP contribution is -2.44. The molecule has 0 spiro atoms. The lowest BCUT2D eigenvalue weighted by molar-refractivity contribution is 0.0502. The minimum Gasteiger partial charge on any atom is -0.444 e. The largest absolute Gasteiger partial charge is 0.444 e. The highest BCUT2D eigenvalue weighted by molar-refractivity contribution is 6.35. The Bertz CT molecular complexity index is 1050. The number of fused-ring (bicyclic) bond motifs is 3. The normalized spacial score (nSPS) is 24.9. The Hall–Kier alpha value is -2.12. The average molecular weight is 447 g/mol. The number of ether oxygens (including phenoxy) is 1. The predicted octanol–water partition coefficient (Wildman–Crippen LogP) is 4.43. The standard InChI is InChI=1S/C23H31ClN4O3/c1-13(25-22(30)31-23(2,3)4)20-26-18-8-6-7-17(24)19(18)21(29)28(20)16-11-14-9-10-15(12-16)27(14)5/h6-8,13-16H,9-12H2,1-5H3,(H,25,30)/t13-,14-,15+,16?/m0/s1. The van der Waals surface area contributed by atoms with Gasteiger partial charge in [-0.1, -0.05) is 17.7 Å². The maximum atomic E-state index is 13.7. The smallest absolute Gasteiger partial charge is 0.408 e. The lowest BCUT2D eigenvalue weighted by Gasteiger charge is -2.38. The fourth-order valence-corrected chi connectivity index (χ4v) is 5.27. The van der Waals surface area contributed by atoms with Gasteiger partial charge in [0.05, 0.1) is 22.0 Å². The molecule has 1 aromatic heterocycles. The van der Waals surface area contributed by atoms with E-state index in [1.54, 1.807) is 22.8 Å². The molecule has 2 aromatic rings. The number of benzene rings is 1. The zero-order valence-electron chi connectivity index (χ0n) is 18.8. The van der Waals surface area contributed by atoms with Gasteiger partial charge in [-0.2, -0.15) is 0 Å². The summed E-state index contributed by atoms with van der Waals surface area (Å²) in [5.74, 6) is 0.541. The van der Waals surface area contributed by atoms with Crippen molar-refractivity contribution in [3.8, 4) is 0 Å². The molecule has 31 heavy (non-hydrogen) atoms. The summed E-state index contributed by atoms with van der Waals surface area (Å²) in [5.41, 5.74) is -0.212.